The second-order valence-corrected chi connectivity index (χ2v) is 5.59. The Balaban J connectivity index is 2.11. The molecule has 0 bridgehead atoms. The van der Waals surface area contributed by atoms with Crippen LogP contribution in [0.2, 0.25) is 0 Å². The SMILES string of the molecule is CCOC(=O)C1CCC(NCCCSC)CC1. The zero-order valence-electron chi connectivity index (χ0n) is 11.0. The summed E-state index contributed by atoms with van der Waals surface area (Å²) in [6, 6.07) is 0.613. The standard InChI is InChI=1S/C13H25NO2S/c1-3-16-13(15)11-5-7-12(8-6-11)14-9-4-10-17-2/h11-12,14H,3-10H2,1-2H3. The molecular weight excluding hydrogens is 234 g/mol. The van der Waals surface area contributed by atoms with Crippen molar-refractivity contribution in [2.75, 3.05) is 25.2 Å². The molecule has 1 rings (SSSR count). The van der Waals surface area contributed by atoms with E-state index in [1.807, 2.05) is 18.7 Å². The van der Waals surface area contributed by atoms with E-state index in [-0.39, 0.29) is 11.9 Å². The molecule has 100 valence electrons. The Morgan fingerprint density at radius 2 is 2.06 bits per heavy atom. The third-order valence-electron chi connectivity index (χ3n) is 3.31. The molecule has 1 saturated carbocycles. The molecule has 0 atom stereocenters. The summed E-state index contributed by atoms with van der Waals surface area (Å²) in [5, 5.41) is 3.58. The summed E-state index contributed by atoms with van der Waals surface area (Å²) in [5.41, 5.74) is 0. The normalized spacial score (nSPS) is 24.6. The van der Waals surface area contributed by atoms with Gasteiger partial charge in [-0.15, -0.1) is 0 Å². The smallest absolute Gasteiger partial charge is 0.308 e. The van der Waals surface area contributed by atoms with Crippen LogP contribution in [0.4, 0.5) is 0 Å². The number of hydrogen-bond donors (Lipinski definition) is 1. The fourth-order valence-electron chi connectivity index (χ4n) is 2.32. The molecule has 3 nitrogen and oxygen atoms in total. The van der Waals surface area contributed by atoms with E-state index in [1.54, 1.807) is 0 Å². The van der Waals surface area contributed by atoms with Gasteiger partial charge in [0.1, 0.15) is 0 Å². The third kappa shape index (κ3) is 5.77. The molecule has 0 spiro atoms. The Bertz CT molecular complexity index is 215. The van der Waals surface area contributed by atoms with Crippen LogP contribution >= 0.6 is 11.8 Å². The van der Waals surface area contributed by atoms with Gasteiger partial charge in [-0.1, -0.05) is 0 Å². The molecule has 1 N–H and O–H groups in total. The fourth-order valence-corrected chi connectivity index (χ4v) is 2.75. The molecule has 17 heavy (non-hydrogen) atoms. The van der Waals surface area contributed by atoms with Crippen LogP contribution in [0.1, 0.15) is 39.0 Å². The highest BCUT2D eigenvalue weighted by atomic mass is 32.2. The lowest BCUT2D eigenvalue weighted by molar-refractivity contribution is -0.149. The maximum absolute atomic E-state index is 11.6. The summed E-state index contributed by atoms with van der Waals surface area (Å²) in [5.74, 6) is 1.39. The van der Waals surface area contributed by atoms with Crippen molar-refractivity contribution >= 4 is 17.7 Å². The van der Waals surface area contributed by atoms with Crippen LogP contribution in [0.5, 0.6) is 0 Å². The lowest BCUT2D eigenvalue weighted by Gasteiger charge is -2.27. The van der Waals surface area contributed by atoms with Crippen molar-refractivity contribution in [3.05, 3.63) is 0 Å². The quantitative estimate of drug-likeness (QED) is 0.563. The number of carbonyl (C=O) groups excluding carboxylic acids is 1. The van der Waals surface area contributed by atoms with Gasteiger partial charge in [0.25, 0.3) is 0 Å². The highest BCUT2D eigenvalue weighted by Gasteiger charge is 2.26. The van der Waals surface area contributed by atoms with Gasteiger partial charge in [0.15, 0.2) is 0 Å². The molecule has 0 aliphatic heterocycles. The number of nitrogens with one attached hydrogen (secondary N) is 1. The number of hydrogen-bond acceptors (Lipinski definition) is 4. The highest BCUT2D eigenvalue weighted by molar-refractivity contribution is 7.98. The van der Waals surface area contributed by atoms with E-state index >= 15 is 0 Å². The largest absolute Gasteiger partial charge is 0.466 e. The summed E-state index contributed by atoms with van der Waals surface area (Å²) in [6.07, 6.45) is 7.58. The van der Waals surface area contributed by atoms with Gasteiger partial charge in [0.05, 0.1) is 12.5 Å². The first-order chi connectivity index (χ1) is 8.27. The van der Waals surface area contributed by atoms with Crippen molar-refractivity contribution in [1.82, 2.24) is 5.32 Å². The first kappa shape index (κ1) is 14.8. The minimum atomic E-state index is 0.00772. The number of rotatable bonds is 7. The van der Waals surface area contributed by atoms with E-state index in [0.717, 1.165) is 32.2 Å². The fraction of sp³-hybridized carbons (Fsp3) is 0.923. The van der Waals surface area contributed by atoms with Crippen LogP contribution < -0.4 is 5.32 Å². The van der Waals surface area contributed by atoms with Crippen LogP contribution in [0.15, 0.2) is 0 Å². The number of ether oxygens (including phenoxy) is 1. The number of esters is 1. The molecule has 0 aromatic rings. The molecule has 1 fully saturated rings. The monoisotopic (exact) mass is 259 g/mol. The summed E-state index contributed by atoms with van der Waals surface area (Å²) >= 11 is 1.90. The van der Waals surface area contributed by atoms with Crippen molar-refractivity contribution in [3.63, 3.8) is 0 Å². The lowest BCUT2D eigenvalue weighted by atomic mass is 9.86. The van der Waals surface area contributed by atoms with Gasteiger partial charge in [-0.05, 0) is 57.6 Å². The maximum Gasteiger partial charge on any atom is 0.308 e. The molecule has 0 heterocycles. The van der Waals surface area contributed by atoms with Crippen molar-refractivity contribution in [1.29, 1.82) is 0 Å². The molecule has 0 aromatic carbocycles. The Morgan fingerprint density at radius 1 is 1.35 bits per heavy atom. The highest BCUT2D eigenvalue weighted by Crippen LogP contribution is 2.25. The first-order valence-corrected chi connectivity index (χ1v) is 8.06. The number of thioether (sulfide) groups is 1. The molecule has 0 saturated heterocycles. The lowest BCUT2D eigenvalue weighted by Crippen LogP contribution is -2.36. The zero-order valence-corrected chi connectivity index (χ0v) is 11.9. The van der Waals surface area contributed by atoms with Crippen molar-refractivity contribution in [3.8, 4) is 0 Å². The van der Waals surface area contributed by atoms with Crippen LogP contribution in [0, 0.1) is 5.92 Å². The maximum atomic E-state index is 11.6. The molecule has 4 heteroatoms. The molecule has 1 aliphatic rings. The zero-order chi connectivity index (χ0) is 12.5. The Morgan fingerprint density at radius 3 is 2.65 bits per heavy atom. The van der Waals surface area contributed by atoms with Crippen LogP contribution in [0.3, 0.4) is 0 Å². The Kier molecular flexibility index (Phi) is 7.69. The van der Waals surface area contributed by atoms with Gasteiger partial charge in [-0.2, -0.15) is 11.8 Å². The average molecular weight is 259 g/mol. The minimum Gasteiger partial charge on any atom is -0.466 e. The van der Waals surface area contributed by atoms with Gasteiger partial charge in [0.2, 0.25) is 0 Å². The topological polar surface area (TPSA) is 38.3 Å². The van der Waals surface area contributed by atoms with E-state index in [1.165, 1.54) is 12.2 Å². The van der Waals surface area contributed by atoms with Gasteiger partial charge in [0, 0.05) is 6.04 Å². The predicted octanol–water partition coefficient (Wildman–Crippen LogP) is 2.45. The number of carbonyl (C=O) groups is 1. The second kappa shape index (κ2) is 8.81. The van der Waals surface area contributed by atoms with Gasteiger partial charge in [-0.3, -0.25) is 4.79 Å². The molecule has 0 amide bonds. The minimum absolute atomic E-state index is 0.00772. The molecule has 0 unspecified atom stereocenters. The van der Waals surface area contributed by atoms with Gasteiger partial charge >= 0.3 is 5.97 Å². The van der Waals surface area contributed by atoms with E-state index in [4.69, 9.17) is 4.74 Å². The van der Waals surface area contributed by atoms with Crippen molar-refractivity contribution < 1.29 is 9.53 Å². The van der Waals surface area contributed by atoms with E-state index < -0.39 is 0 Å². The van der Waals surface area contributed by atoms with Gasteiger partial charge < -0.3 is 10.1 Å². The summed E-state index contributed by atoms with van der Waals surface area (Å²) in [6.45, 7) is 3.48. The molecule has 0 radical (unpaired) electrons. The summed E-state index contributed by atoms with van der Waals surface area (Å²) in [4.78, 5) is 11.6. The summed E-state index contributed by atoms with van der Waals surface area (Å²) < 4.78 is 5.07. The Hall–Kier alpha value is -0.220. The van der Waals surface area contributed by atoms with Crippen LogP contribution in [-0.2, 0) is 9.53 Å². The average Bonchev–Trinajstić information content (AvgIpc) is 2.36. The van der Waals surface area contributed by atoms with Crippen LogP contribution in [-0.4, -0.2) is 37.2 Å². The van der Waals surface area contributed by atoms with E-state index in [9.17, 15) is 4.79 Å². The first-order valence-electron chi connectivity index (χ1n) is 6.66. The molecule has 0 aromatic heterocycles. The third-order valence-corrected chi connectivity index (χ3v) is 4.00. The molecule has 1 aliphatic carbocycles. The second-order valence-electron chi connectivity index (χ2n) is 4.60. The van der Waals surface area contributed by atoms with E-state index in [2.05, 4.69) is 11.6 Å². The van der Waals surface area contributed by atoms with Gasteiger partial charge in [-0.25, -0.2) is 0 Å². The molecular formula is C13H25NO2S. The predicted molar refractivity (Wildman–Crippen MR) is 73.4 cm³/mol. The van der Waals surface area contributed by atoms with Crippen molar-refractivity contribution in [2.24, 2.45) is 5.92 Å². The van der Waals surface area contributed by atoms with E-state index in [0.29, 0.717) is 12.6 Å². The van der Waals surface area contributed by atoms with Crippen LogP contribution in [0.25, 0.3) is 0 Å². The Labute approximate surface area is 109 Å². The summed E-state index contributed by atoms with van der Waals surface area (Å²) in [7, 11) is 0. The van der Waals surface area contributed by atoms with Crippen molar-refractivity contribution in [2.45, 2.75) is 45.1 Å².